The van der Waals surface area contributed by atoms with E-state index in [1.54, 1.807) is 0 Å². The Bertz CT molecular complexity index is 634. The van der Waals surface area contributed by atoms with E-state index in [1.807, 2.05) is 0 Å². The van der Waals surface area contributed by atoms with Gasteiger partial charge < -0.3 is 20.1 Å². The normalized spacial score (nSPS) is 11.5. The third-order valence-electron chi connectivity index (χ3n) is 3.60. The van der Waals surface area contributed by atoms with E-state index in [2.05, 4.69) is 10.6 Å². The molecule has 28 heavy (non-hydrogen) atoms. The van der Waals surface area contributed by atoms with Gasteiger partial charge >= 0.3 is 11.9 Å². The molecule has 10 nitrogen and oxygen atoms in total. The summed E-state index contributed by atoms with van der Waals surface area (Å²) in [6.07, 6.45) is 1.58. The monoisotopic (exact) mass is 398 g/mol. The molecule has 0 aliphatic carbocycles. The van der Waals surface area contributed by atoms with Crippen LogP contribution in [0.25, 0.3) is 0 Å². The van der Waals surface area contributed by atoms with E-state index >= 15 is 0 Å². The lowest BCUT2D eigenvalue weighted by molar-refractivity contribution is -0.150. The van der Waals surface area contributed by atoms with Gasteiger partial charge in [0.2, 0.25) is 11.6 Å². The summed E-state index contributed by atoms with van der Waals surface area (Å²) in [7, 11) is 2.61. The first kappa shape index (κ1) is 25.0. The highest BCUT2D eigenvalue weighted by molar-refractivity contribution is 6.38. The highest BCUT2D eigenvalue weighted by atomic mass is 16.5. The summed E-state index contributed by atoms with van der Waals surface area (Å²) in [5.74, 6) is -4.97. The highest BCUT2D eigenvalue weighted by Gasteiger charge is 2.34. The summed E-state index contributed by atoms with van der Waals surface area (Å²) in [6.45, 7) is 4.99. The molecule has 0 saturated heterocycles. The van der Waals surface area contributed by atoms with Crippen molar-refractivity contribution in [2.75, 3.05) is 27.3 Å². The van der Waals surface area contributed by atoms with E-state index in [-0.39, 0.29) is 13.2 Å². The van der Waals surface area contributed by atoms with Crippen molar-refractivity contribution in [3.63, 3.8) is 0 Å². The molecule has 0 atom stereocenters. The third-order valence-corrected chi connectivity index (χ3v) is 3.60. The van der Waals surface area contributed by atoms with Crippen LogP contribution in [0.5, 0.6) is 0 Å². The maximum absolute atomic E-state index is 11.8. The second kappa shape index (κ2) is 10.3. The average molecular weight is 398 g/mol. The number of esters is 2. The number of Topliss-reactive ketones (excluding diaryl/α,β-unsaturated/α-hetero) is 2. The van der Waals surface area contributed by atoms with Crippen LogP contribution >= 0.6 is 0 Å². The molecule has 0 heterocycles. The molecule has 0 aliphatic rings. The number of carbonyl (C=O) groups excluding carboxylic acids is 6. The number of likely N-dealkylation sites (N-methyl/N-ethyl adjacent to an activating group) is 2. The smallest absolute Gasteiger partial charge is 0.331 e. The molecule has 2 N–H and O–H groups in total. The van der Waals surface area contributed by atoms with Crippen LogP contribution in [0.1, 0.15) is 27.7 Å². The van der Waals surface area contributed by atoms with Crippen molar-refractivity contribution in [1.82, 2.24) is 10.6 Å². The van der Waals surface area contributed by atoms with Crippen LogP contribution in [-0.2, 0) is 38.2 Å². The molecule has 0 radical (unpaired) electrons. The fourth-order valence-corrected chi connectivity index (χ4v) is 1.71. The van der Waals surface area contributed by atoms with Crippen molar-refractivity contribution in [2.24, 2.45) is 10.8 Å². The quantitative estimate of drug-likeness (QED) is 0.279. The average Bonchev–Trinajstić information content (AvgIpc) is 2.66. The summed E-state index contributed by atoms with van der Waals surface area (Å²) < 4.78 is 9.72. The number of hydrogen-bond acceptors (Lipinski definition) is 8. The van der Waals surface area contributed by atoms with Gasteiger partial charge in [0.15, 0.2) is 0 Å². The van der Waals surface area contributed by atoms with Crippen molar-refractivity contribution in [3.8, 4) is 0 Å². The number of hydrogen-bond donors (Lipinski definition) is 2. The second-order valence-electron chi connectivity index (χ2n) is 7.13. The minimum absolute atomic E-state index is 0.370. The molecule has 0 aromatic heterocycles. The van der Waals surface area contributed by atoms with Crippen molar-refractivity contribution >= 4 is 35.3 Å². The zero-order valence-electron chi connectivity index (χ0n) is 16.8. The first-order valence-corrected chi connectivity index (χ1v) is 8.33. The minimum Gasteiger partial charge on any atom is -0.461 e. The predicted octanol–water partition coefficient (Wildman–Crippen LogP) is -0.688. The molecule has 10 heteroatoms. The molecule has 0 aliphatic heterocycles. The van der Waals surface area contributed by atoms with E-state index in [0.29, 0.717) is 0 Å². The Morgan fingerprint density at radius 3 is 1.21 bits per heavy atom. The van der Waals surface area contributed by atoms with E-state index < -0.39 is 46.1 Å². The van der Waals surface area contributed by atoms with Gasteiger partial charge in [-0.25, -0.2) is 9.59 Å². The van der Waals surface area contributed by atoms with Gasteiger partial charge in [-0.05, 0) is 27.7 Å². The molecule has 0 aromatic rings. The SMILES string of the molecule is CNC(=O)C(=O)C(C)(C)COC(=O)/C=C/C(=O)OCC(C)(C)C(=O)C(=O)NC. The van der Waals surface area contributed by atoms with Crippen LogP contribution in [0, 0.1) is 10.8 Å². The maximum Gasteiger partial charge on any atom is 0.331 e. The number of amides is 2. The van der Waals surface area contributed by atoms with Gasteiger partial charge in [0.05, 0.1) is 10.8 Å². The fourth-order valence-electron chi connectivity index (χ4n) is 1.71. The Morgan fingerprint density at radius 2 is 0.964 bits per heavy atom. The number of ketones is 2. The predicted molar refractivity (Wildman–Crippen MR) is 96.8 cm³/mol. The largest absolute Gasteiger partial charge is 0.461 e. The molecule has 0 unspecified atom stereocenters. The third kappa shape index (κ3) is 7.68. The van der Waals surface area contributed by atoms with Gasteiger partial charge in [-0.3, -0.25) is 19.2 Å². The van der Waals surface area contributed by atoms with Gasteiger partial charge in [0, 0.05) is 26.2 Å². The lowest BCUT2D eigenvalue weighted by Gasteiger charge is -2.21. The van der Waals surface area contributed by atoms with Crippen LogP contribution in [0.2, 0.25) is 0 Å². The Balaban J connectivity index is 4.61. The zero-order valence-corrected chi connectivity index (χ0v) is 16.8. The van der Waals surface area contributed by atoms with Crippen LogP contribution in [-0.4, -0.2) is 62.6 Å². The molecule has 0 bridgehead atoms. The minimum atomic E-state index is -1.24. The van der Waals surface area contributed by atoms with E-state index in [0.717, 1.165) is 12.2 Å². The Kier molecular flexibility index (Phi) is 9.21. The van der Waals surface area contributed by atoms with Crippen molar-refractivity contribution < 1.29 is 38.2 Å². The van der Waals surface area contributed by atoms with Gasteiger partial charge in [-0.2, -0.15) is 0 Å². The summed E-state index contributed by atoms with van der Waals surface area (Å²) >= 11 is 0. The summed E-state index contributed by atoms with van der Waals surface area (Å²) in [5, 5.41) is 4.38. The van der Waals surface area contributed by atoms with Crippen molar-refractivity contribution in [2.45, 2.75) is 27.7 Å². The Labute approximate surface area is 163 Å². The Morgan fingerprint density at radius 1 is 0.679 bits per heavy atom. The molecular formula is C18H26N2O8. The summed E-state index contributed by atoms with van der Waals surface area (Å²) in [6, 6.07) is 0. The van der Waals surface area contributed by atoms with Crippen LogP contribution < -0.4 is 10.6 Å². The maximum atomic E-state index is 11.8. The van der Waals surface area contributed by atoms with Gasteiger partial charge in [-0.1, -0.05) is 0 Å². The van der Waals surface area contributed by atoms with Crippen LogP contribution in [0.4, 0.5) is 0 Å². The zero-order chi connectivity index (χ0) is 22.1. The standard InChI is InChI=1S/C18H26N2O8/c1-17(2,13(23)15(25)19-5)9-27-11(21)7-8-12(22)28-10-18(3,4)14(24)16(26)20-6/h7-8H,9-10H2,1-6H3,(H,19,25)(H,20,26)/b8-7+. The number of rotatable bonds is 10. The summed E-state index contributed by atoms with van der Waals surface area (Å²) in [5.41, 5.74) is -2.48. The van der Waals surface area contributed by atoms with Gasteiger partial charge in [-0.15, -0.1) is 0 Å². The molecule has 0 aromatic carbocycles. The fraction of sp³-hybridized carbons (Fsp3) is 0.556. The van der Waals surface area contributed by atoms with Crippen molar-refractivity contribution in [3.05, 3.63) is 12.2 Å². The van der Waals surface area contributed by atoms with E-state index in [9.17, 15) is 28.8 Å². The molecule has 2 amide bonds. The lowest BCUT2D eigenvalue weighted by Crippen LogP contribution is -2.41. The molecule has 0 fully saturated rings. The van der Waals surface area contributed by atoms with Gasteiger partial charge in [0.25, 0.3) is 11.8 Å². The van der Waals surface area contributed by atoms with Crippen LogP contribution in [0.15, 0.2) is 12.2 Å². The Hall–Kier alpha value is -3.04. The number of ether oxygens (including phenoxy) is 2. The van der Waals surface area contributed by atoms with Crippen molar-refractivity contribution in [1.29, 1.82) is 0 Å². The number of nitrogens with one attached hydrogen (secondary N) is 2. The van der Waals surface area contributed by atoms with E-state index in [4.69, 9.17) is 9.47 Å². The van der Waals surface area contributed by atoms with E-state index in [1.165, 1.54) is 41.8 Å². The molecule has 0 saturated carbocycles. The molecule has 156 valence electrons. The van der Waals surface area contributed by atoms with Gasteiger partial charge in [0.1, 0.15) is 13.2 Å². The topological polar surface area (TPSA) is 145 Å². The number of carbonyl (C=O) groups is 6. The molecule has 0 spiro atoms. The second-order valence-corrected chi connectivity index (χ2v) is 7.13. The first-order chi connectivity index (χ1) is 12.8. The highest BCUT2D eigenvalue weighted by Crippen LogP contribution is 2.18. The lowest BCUT2D eigenvalue weighted by atomic mass is 9.88. The summed E-state index contributed by atoms with van der Waals surface area (Å²) in [4.78, 5) is 69.7. The molecular weight excluding hydrogens is 372 g/mol. The first-order valence-electron chi connectivity index (χ1n) is 8.33. The molecule has 0 rings (SSSR count). The van der Waals surface area contributed by atoms with Crippen LogP contribution in [0.3, 0.4) is 0 Å².